The number of esters is 1. The molecule has 0 saturated heterocycles. The molecule has 0 aliphatic carbocycles. The van der Waals surface area contributed by atoms with E-state index in [4.69, 9.17) is 4.74 Å². The van der Waals surface area contributed by atoms with Gasteiger partial charge in [0.15, 0.2) is 5.78 Å². The maximum atomic E-state index is 12.2. The molecular weight excluding hydrogens is 366 g/mol. The SMILES string of the molecule is O=C(CCCN1C(=O)c2ccccc2C1=O)OCCCC(=O)c1cccs1. The van der Waals surface area contributed by atoms with Crippen LogP contribution in [-0.2, 0) is 9.53 Å². The van der Waals surface area contributed by atoms with Crippen LogP contribution in [0.15, 0.2) is 41.8 Å². The molecule has 2 aromatic rings. The van der Waals surface area contributed by atoms with E-state index in [1.165, 1.54) is 11.3 Å². The number of Topliss-reactive ketones (excluding diaryl/α,β-unsaturated/α-hetero) is 1. The highest BCUT2D eigenvalue weighted by Gasteiger charge is 2.34. The van der Waals surface area contributed by atoms with Crippen LogP contribution in [0.2, 0.25) is 0 Å². The quantitative estimate of drug-likeness (QED) is 0.286. The average Bonchev–Trinajstić information content (AvgIpc) is 3.29. The Kier molecular flexibility index (Phi) is 6.13. The van der Waals surface area contributed by atoms with Crippen molar-refractivity contribution in [3.05, 3.63) is 57.8 Å². The number of amides is 2. The molecule has 0 bridgehead atoms. The number of ketones is 1. The molecule has 140 valence electrons. The van der Waals surface area contributed by atoms with Crippen molar-refractivity contribution in [3.63, 3.8) is 0 Å². The monoisotopic (exact) mass is 385 g/mol. The summed E-state index contributed by atoms with van der Waals surface area (Å²) < 4.78 is 5.11. The smallest absolute Gasteiger partial charge is 0.305 e. The Morgan fingerprint density at radius 1 is 0.926 bits per heavy atom. The maximum Gasteiger partial charge on any atom is 0.305 e. The summed E-state index contributed by atoms with van der Waals surface area (Å²) in [6.45, 7) is 0.362. The van der Waals surface area contributed by atoms with Crippen molar-refractivity contribution in [2.45, 2.75) is 25.7 Å². The van der Waals surface area contributed by atoms with Gasteiger partial charge in [-0.1, -0.05) is 18.2 Å². The lowest BCUT2D eigenvalue weighted by molar-refractivity contribution is -0.143. The molecule has 0 spiro atoms. The number of imide groups is 1. The highest BCUT2D eigenvalue weighted by Crippen LogP contribution is 2.22. The number of fused-ring (bicyclic) bond motifs is 1. The third kappa shape index (κ3) is 4.49. The number of carbonyl (C=O) groups is 4. The fourth-order valence-corrected chi connectivity index (χ4v) is 3.57. The van der Waals surface area contributed by atoms with E-state index in [2.05, 4.69) is 0 Å². The van der Waals surface area contributed by atoms with Crippen LogP contribution in [0.1, 0.15) is 56.1 Å². The molecule has 0 atom stereocenters. The highest BCUT2D eigenvalue weighted by atomic mass is 32.1. The van der Waals surface area contributed by atoms with Crippen molar-refractivity contribution in [3.8, 4) is 0 Å². The van der Waals surface area contributed by atoms with Crippen LogP contribution in [0.4, 0.5) is 0 Å². The first-order chi connectivity index (χ1) is 13.1. The van der Waals surface area contributed by atoms with Gasteiger partial charge in [-0.25, -0.2) is 0 Å². The lowest BCUT2D eigenvalue weighted by Crippen LogP contribution is -2.31. The number of carbonyl (C=O) groups excluding carboxylic acids is 4. The normalized spacial score (nSPS) is 13.0. The first-order valence-electron chi connectivity index (χ1n) is 8.75. The Hall–Kier alpha value is -2.80. The number of hydrogen-bond donors (Lipinski definition) is 0. The van der Waals surface area contributed by atoms with Gasteiger partial charge in [0.1, 0.15) is 0 Å². The van der Waals surface area contributed by atoms with Gasteiger partial charge in [-0.05, 0) is 36.4 Å². The molecule has 6 nitrogen and oxygen atoms in total. The summed E-state index contributed by atoms with van der Waals surface area (Å²) in [5, 5.41) is 1.85. The minimum Gasteiger partial charge on any atom is -0.466 e. The van der Waals surface area contributed by atoms with Gasteiger partial charge >= 0.3 is 5.97 Å². The Bertz CT molecular complexity index is 824. The number of thiophene rings is 1. The molecule has 1 aliphatic heterocycles. The molecule has 0 saturated carbocycles. The van der Waals surface area contributed by atoms with Gasteiger partial charge in [-0.2, -0.15) is 0 Å². The molecule has 0 fully saturated rings. The van der Waals surface area contributed by atoms with Crippen LogP contribution in [0.3, 0.4) is 0 Å². The second kappa shape index (κ2) is 8.73. The van der Waals surface area contributed by atoms with Gasteiger partial charge in [0, 0.05) is 19.4 Å². The predicted molar refractivity (Wildman–Crippen MR) is 99.9 cm³/mol. The zero-order chi connectivity index (χ0) is 19.2. The van der Waals surface area contributed by atoms with E-state index in [0.29, 0.717) is 35.3 Å². The molecule has 2 heterocycles. The van der Waals surface area contributed by atoms with Crippen molar-refractivity contribution in [1.82, 2.24) is 4.90 Å². The molecule has 3 rings (SSSR count). The largest absolute Gasteiger partial charge is 0.466 e. The summed E-state index contributed by atoms with van der Waals surface area (Å²) in [5.41, 5.74) is 0.806. The molecule has 0 unspecified atom stereocenters. The molecule has 1 aromatic carbocycles. The fraction of sp³-hybridized carbons (Fsp3) is 0.300. The first kappa shape index (κ1) is 19.0. The van der Waals surface area contributed by atoms with E-state index >= 15 is 0 Å². The second-order valence-corrected chi connectivity index (χ2v) is 7.08. The Balaban J connectivity index is 1.34. The summed E-state index contributed by atoms with van der Waals surface area (Å²) in [4.78, 5) is 49.9. The number of nitrogens with zero attached hydrogens (tertiary/aromatic N) is 1. The van der Waals surface area contributed by atoms with Crippen LogP contribution in [0, 0.1) is 0 Å². The standard InChI is InChI=1S/C20H19NO5S/c22-16(17-9-5-13-27-17)8-4-12-26-18(23)10-3-11-21-19(24)14-6-1-2-7-15(14)20(21)25/h1-2,5-7,9,13H,3-4,8,10-12H2. The molecule has 1 aliphatic rings. The summed E-state index contributed by atoms with van der Waals surface area (Å²) in [6.07, 6.45) is 1.27. The zero-order valence-corrected chi connectivity index (χ0v) is 15.5. The lowest BCUT2D eigenvalue weighted by atomic mass is 10.1. The van der Waals surface area contributed by atoms with E-state index in [1.807, 2.05) is 11.4 Å². The number of ether oxygens (including phenoxy) is 1. The molecule has 0 radical (unpaired) electrons. The van der Waals surface area contributed by atoms with Gasteiger partial charge in [0.2, 0.25) is 0 Å². The van der Waals surface area contributed by atoms with Crippen molar-refractivity contribution in [2.24, 2.45) is 0 Å². The average molecular weight is 385 g/mol. The van der Waals surface area contributed by atoms with Crippen molar-refractivity contribution in [1.29, 1.82) is 0 Å². The Morgan fingerprint density at radius 2 is 1.63 bits per heavy atom. The minimum absolute atomic E-state index is 0.0478. The van der Waals surface area contributed by atoms with Gasteiger partial charge in [0.05, 0.1) is 22.6 Å². The number of benzene rings is 1. The van der Waals surface area contributed by atoms with Gasteiger partial charge in [-0.15, -0.1) is 11.3 Å². The van der Waals surface area contributed by atoms with E-state index in [0.717, 1.165) is 4.90 Å². The van der Waals surface area contributed by atoms with Crippen molar-refractivity contribution >= 4 is 34.9 Å². The molecule has 1 aromatic heterocycles. The molecule has 7 heteroatoms. The van der Waals surface area contributed by atoms with Crippen LogP contribution in [0.5, 0.6) is 0 Å². The van der Waals surface area contributed by atoms with E-state index in [1.54, 1.807) is 30.3 Å². The fourth-order valence-electron chi connectivity index (χ4n) is 2.88. The van der Waals surface area contributed by atoms with Crippen molar-refractivity contribution < 1.29 is 23.9 Å². The van der Waals surface area contributed by atoms with Gasteiger partial charge < -0.3 is 4.74 Å². The first-order valence-corrected chi connectivity index (χ1v) is 9.63. The molecule has 2 amide bonds. The highest BCUT2D eigenvalue weighted by molar-refractivity contribution is 7.12. The predicted octanol–water partition coefficient (Wildman–Crippen LogP) is 3.33. The number of rotatable bonds is 9. The zero-order valence-electron chi connectivity index (χ0n) is 14.7. The Labute approximate surface area is 160 Å². The number of hydrogen-bond acceptors (Lipinski definition) is 6. The van der Waals surface area contributed by atoms with Crippen LogP contribution >= 0.6 is 11.3 Å². The summed E-state index contributed by atoms with van der Waals surface area (Å²) >= 11 is 1.40. The summed E-state index contributed by atoms with van der Waals surface area (Å²) in [5.74, 6) is -0.992. The molecule has 0 N–H and O–H groups in total. The van der Waals surface area contributed by atoms with E-state index in [9.17, 15) is 19.2 Å². The van der Waals surface area contributed by atoms with Crippen LogP contribution in [0.25, 0.3) is 0 Å². The van der Waals surface area contributed by atoms with Crippen LogP contribution in [-0.4, -0.2) is 41.6 Å². The van der Waals surface area contributed by atoms with E-state index < -0.39 is 5.97 Å². The van der Waals surface area contributed by atoms with Crippen molar-refractivity contribution in [2.75, 3.05) is 13.2 Å². The molecule has 27 heavy (non-hydrogen) atoms. The Morgan fingerprint density at radius 3 is 2.26 bits per heavy atom. The van der Waals surface area contributed by atoms with Gasteiger partial charge in [-0.3, -0.25) is 24.1 Å². The molecular formula is C20H19NO5S. The maximum absolute atomic E-state index is 12.2. The summed E-state index contributed by atoms with van der Waals surface area (Å²) in [7, 11) is 0. The second-order valence-electron chi connectivity index (χ2n) is 6.14. The van der Waals surface area contributed by atoms with E-state index in [-0.39, 0.29) is 37.2 Å². The third-order valence-electron chi connectivity index (χ3n) is 4.25. The third-order valence-corrected chi connectivity index (χ3v) is 5.16. The summed E-state index contributed by atoms with van der Waals surface area (Å²) in [6, 6.07) is 10.3. The van der Waals surface area contributed by atoms with Crippen LogP contribution < -0.4 is 0 Å². The lowest BCUT2D eigenvalue weighted by Gasteiger charge is -2.13. The topological polar surface area (TPSA) is 80.8 Å². The van der Waals surface area contributed by atoms with Gasteiger partial charge in [0.25, 0.3) is 11.8 Å². The minimum atomic E-state index is -0.393.